The molecule has 0 aliphatic rings. The molecular weight excluding hydrogens is 228 g/mol. The van der Waals surface area contributed by atoms with Crippen LogP contribution in [0.3, 0.4) is 0 Å². The number of amides is 1. The predicted octanol–water partition coefficient (Wildman–Crippen LogP) is 1.21. The van der Waals surface area contributed by atoms with Gasteiger partial charge in [0.25, 0.3) is 0 Å². The number of aromatic nitrogens is 3. The van der Waals surface area contributed by atoms with Gasteiger partial charge in [-0.2, -0.15) is 5.10 Å². The number of nitrogens with one attached hydrogen (secondary N) is 1. The lowest BCUT2D eigenvalue weighted by atomic mass is 10.1. The molecule has 0 aliphatic heterocycles. The van der Waals surface area contributed by atoms with Crippen molar-refractivity contribution in [2.24, 2.45) is 7.05 Å². The molecule has 1 unspecified atom stereocenters. The second kappa shape index (κ2) is 5.27. The van der Waals surface area contributed by atoms with Gasteiger partial charge in [0.15, 0.2) is 0 Å². The van der Waals surface area contributed by atoms with E-state index in [1.54, 1.807) is 17.1 Å². The highest BCUT2D eigenvalue weighted by molar-refractivity contribution is 5.87. The summed E-state index contributed by atoms with van der Waals surface area (Å²) in [5.41, 5.74) is 1.65. The molecule has 2 heterocycles. The second-order valence-corrected chi connectivity index (χ2v) is 3.85. The Kier molecular flexibility index (Phi) is 3.52. The summed E-state index contributed by atoms with van der Waals surface area (Å²) >= 11 is 0. The van der Waals surface area contributed by atoms with Gasteiger partial charge in [0.1, 0.15) is 0 Å². The summed E-state index contributed by atoms with van der Waals surface area (Å²) in [6.07, 6.45) is 6.50. The number of aryl methyl sites for hydroxylation is 1. The minimum Gasteiger partial charge on any atom is -0.340 e. The zero-order valence-corrected chi connectivity index (χ0v) is 10.1. The lowest BCUT2D eigenvalue weighted by molar-refractivity contribution is -0.117. The quantitative estimate of drug-likeness (QED) is 0.820. The summed E-state index contributed by atoms with van der Waals surface area (Å²) in [5.74, 6) is -0.241. The summed E-state index contributed by atoms with van der Waals surface area (Å²) in [6.45, 7) is 3.45. The van der Waals surface area contributed by atoms with Crippen molar-refractivity contribution in [3.8, 4) is 0 Å². The van der Waals surface area contributed by atoms with E-state index in [1.807, 2.05) is 31.4 Å². The van der Waals surface area contributed by atoms with Crippen molar-refractivity contribution < 1.29 is 4.79 Å². The average Bonchev–Trinajstić information content (AvgIpc) is 2.83. The molecule has 0 spiro atoms. The minimum absolute atomic E-state index is 0.241. The molecule has 1 atom stereocenters. The normalized spacial score (nSPS) is 11.8. The third-order valence-electron chi connectivity index (χ3n) is 2.51. The number of hydrogen-bond donors (Lipinski definition) is 1. The Morgan fingerprint density at radius 1 is 1.56 bits per heavy atom. The molecule has 1 amide bonds. The Morgan fingerprint density at radius 3 is 2.94 bits per heavy atom. The van der Waals surface area contributed by atoms with Gasteiger partial charge in [-0.15, -0.1) is 0 Å². The molecule has 0 saturated carbocycles. The number of nitrogens with zero attached hydrogens (tertiary/aromatic N) is 3. The molecule has 0 aromatic carbocycles. The van der Waals surface area contributed by atoms with Gasteiger partial charge in [-0.3, -0.25) is 14.5 Å². The summed E-state index contributed by atoms with van der Waals surface area (Å²) in [6, 6.07) is 5.26. The van der Waals surface area contributed by atoms with E-state index in [0.717, 1.165) is 11.3 Å². The van der Waals surface area contributed by atoms with Crippen LogP contribution in [-0.2, 0) is 11.8 Å². The van der Waals surface area contributed by atoms with Crippen LogP contribution in [0.2, 0.25) is 0 Å². The molecule has 2 aromatic heterocycles. The highest BCUT2D eigenvalue weighted by atomic mass is 16.1. The molecule has 0 aliphatic carbocycles. The lowest BCUT2D eigenvalue weighted by Crippen LogP contribution is -2.28. The van der Waals surface area contributed by atoms with E-state index in [9.17, 15) is 4.79 Å². The number of pyridine rings is 1. The Labute approximate surface area is 105 Å². The summed E-state index contributed by atoms with van der Waals surface area (Å²) in [7, 11) is 1.83. The maximum absolute atomic E-state index is 11.5. The van der Waals surface area contributed by atoms with E-state index in [4.69, 9.17) is 0 Å². The molecule has 0 bridgehead atoms. The van der Waals surface area contributed by atoms with Crippen LogP contribution in [0.1, 0.15) is 17.3 Å². The number of rotatable bonds is 4. The largest absolute Gasteiger partial charge is 0.340 e. The fourth-order valence-electron chi connectivity index (χ4n) is 1.67. The SMILES string of the molecule is C=CC(=O)NC(c1cnn(C)c1)c1ccccn1. The van der Waals surface area contributed by atoms with Crippen LogP contribution in [0.15, 0.2) is 49.4 Å². The zero-order valence-electron chi connectivity index (χ0n) is 10.1. The van der Waals surface area contributed by atoms with Gasteiger partial charge in [0, 0.05) is 25.0 Å². The maximum Gasteiger partial charge on any atom is 0.244 e. The molecule has 5 nitrogen and oxygen atoms in total. The Hall–Kier alpha value is -2.43. The molecule has 18 heavy (non-hydrogen) atoms. The third-order valence-corrected chi connectivity index (χ3v) is 2.51. The summed E-state index contributed by atoms with van der Waals surface area (Å²) in [5, 5.41) is 6.95. The number of carbonyl (C=O) groups excluding carboxylic acids is 1. The van der Waals surface area contributed by atoms with Gasteiger partial charge in [-0.05, 0) is 18.2 Å². The molecule has 92 valence electrons. The van der Waals surface area contributed by atoms with Crippen LogP contribution < -0.4 is 5.32 Å². The average molecular weight is 242 g/mol. The van der Waals surface area contributed by atoms with Crippen molar-refractivity contribution in [1.29, 1.82) is 0 Å². The number of carbonyl (C=O) groups is 1. The van der Waals surface area contributed by atoms with Gasteiger partial charge >= 0.3 is 0 Å². The van der Waals surface area contributed by atoms with Crippen LogP contribution in [0, 0.1) is 0 Å². The first-order valence-electron chi connectivity index (χ1n) is 5.53. The van der Waals surface area contributed by atoms with E-state index < -0.39 is 0 Å². The Balaban J connectivity index is 2.34. The Morgan fingerprint density at radius 2 is 2.39 bits per heavy atom. The van der Waals surface area contributed by atoms with E-state index >= 15 is 0 Å². The minimum atomic E-state index is -0.314. The maximum atomic E-state index is 11.5. The smallest absolute Gasteiger partial charge is 0.244 e. The van der Waals surface area contributed by atoms with E-state index in [-0.39, 0.29) is 11.9 Å². The molecular formula is C13H14N4O. The first-order valence-corrected chi connectivity index (χ1v) is 5.53. The van der Waals surface area contributed by atoms with Crippen LogP contribution in [0.4, 0.5) is 0 Å². The van der Waals surface area contributed by atoms with Crippen LogP contribution in [0.25, 0.3) is 0 Å². The Bertz CT molecular complexity index is 547. The van der Waals surface area contributed by atoms with E-state index in [0.29, 0.717) is 0 Å². The van der Waals surface area contributed by atoms with Gasteiger partial charge in [0.2, 0.25) is 5.91 Å². The van der Waals surface area contributed by atoms with Gasteiger partial charge in [0.05, 0.1) is 17.9 Å². The first-order chi connectivity index (χ1) is 8.70. The molecule has 2 aromatic rings. The van der Waals surface area contributed by atoms with E-state index in [2.05, 4.69) is 22.0 Å². The van der Waals surface area contributed by atoms with Crippen molar-refractivity contribution in [2.75, 3.05) is 0 Å². The molecule has 0 saturated heterocycles. The van der Waals surface area contributed by atoms with Gasteiger partial charge in [-0.1, -0.05) is 12.6 Å². The molecule has 5 heteroatoms. The highest BCUT2D eigenvalue weighted by Crippen LogP contribution is 2.19. The zero-order chi connectivity index (χ0) is 13.0. The van der Waals surface area contributed by atoms with Crippen molar-refractivity contribution in [3.63, 3.8) is 0 Å². The second-order valence-electron chi connectivity index (χ2n) is 3.85. The number of hydrogen-bond acceptors (Lipinski definition) is 3. The first kappa shape index (κ1) is 12.0. The predicted molar refractivity (Wildman–Crippen MR) is 67.6 cm³/mol. The van der Waals surface area contributed by atoms with Crippen LogP contribution >= 0.6 is 0 Å². The molecule has 1 N–H and O–H groups in total. The molecule has 0 fully saturated rings. The van der Waals surface area contributed by atoms with Gasteiger partial charge in [-0.25, -0.2) is 0 Å². The van der Waals surface area contributed by atoms with Crippen molar-refractivity contribution in [2.45, 2.75) is 6.04 Å². The lowest BCUT2D eigenvalue weighted by Gasteiger charge is -2.15. The summed E-state index contributed by atoms with van der Waals surface area (Å²) < 4.78 is 1.69. The highest BCUT2D eigenvalue weighted by Gasteiger charge is 2.18. The van der Waals surface area contributed by atoms with Crippen molar-refractivity contribution in [3.05, 3.63) is 60.7 Å². The monoisotopic (exact) mass is 242 g/mol. The van der Waals surface area contributed by atoms with Crippen LogP contribution in [-0.4, -0.2) is 20.7 Å². The molecule has 0 radical (unpaired) electrons. The van der Waals surface area contributed by atoms with Crippen LogP contribution in [0.5, 0.6) is 0 Å². The standard InChI is InChI=1S/C13H14N4O/c1-3-12(18)16-13(10-8-15-17(2)9-10)11-6-4-5-7-14-11/h3-9,13H,1H2,2H3,(H,16,18). The fourth-order valence-corrected chi connectivity index (χ4v) is 1.67. The third kappa shape index (κ3) is 2.63. The summed E-state index contributed by atoms with van der Waals surface area (Å²) in [4.78, 5) is 15.8. The van der Waals surface area contributed by atoms with Gasteiger partial charge < -0.3 is 5.32 Å². The fraction of sp³-hybridized carbons (Fsp3) is 0.154. The topological polar surface area (TPSA) is 59.8 Å². The van der Waals surface area contributed by atoms with Crippen molar-refractivity contribution in [1.82, 2.24) is 20.1 Å². The molecule has 2 rings (SSSR count). The van der Waals surface area contributed by atoms with E-state index in [1.165, 1.54) is 6.08 Å². The van der Waals surface area contributed by atoms with Crippen molar-refractivity contribution >= 4 is 5.91 Å².